The van der Waals surface area contributed by atoms with E-state index in [4.69, 9.17) is 5.73 Å². The third-order valence-corrected chi connectivity index (χ3v) is 5.37. The van der Waals surface area contributed by atoms with Gasteiger partial charge in [-0.25, -0.2) is 8.42 Å². The Morgan fingerprint density at radius 3 is 2.11 bits per heavy atom. The van der Waals surface area contributed by atoms with Gasteiger partial charge in [0.15, 0.2) is 15.6 Å². The molecular formula is C13H19NO3S. The standard InChI is InChI=1S/C13H19NO3S/c1-13(2,3)18(16,17)9-8-12(15)10-4-6-11(14)7-5-10/h4-7H,8-9,14H2,1-3H3. The predicted octanol–water partition coefficient (Wildman–Crippen LogP) is 2.05. The van der Waals surface area contributed by atoms with Crippen molar-refractivity contribution in [3.8, 4) is 0 Å². The lowest BCUT2D eigenvalue weighted by Crippen LogP contribution is -2.31. The van der Waals surface area contributed by atoms with Gasteiger partial charge < -0.3 is 5.73 Å². The second-order valence-electron chi connectivity index (χ2n) is 5.23. The number of nitrogen functional groups attached to an aromatic ring is 1. The fourth-order valence-electron chi connectivity index (χ4n) is 1.35. The van der Waals surface area contributed by atoms with Crippen molar-refractivity contribution in [1.29, 1.82) is 0 Å². The van der Waals surface area contributed by atoms with Gasteiger partial charge in [-0.3, -0.25) is 4.79 Å². The minimum Gasteiger partial charge on any atom is -0.399 e. The topological polar surface area (TPSA) is 77.2 Å². The normalized spacial score (nSPS) is 12.4. The number of Topliss-reactive ketones (excluding diaryl/α,β-unsaturated/α-hetero) is 1. The lowest BCUT2D eigenvalue weighted by Gasteiger charge is -2.18. The van der Waals surface area contributed by atoms with E-state index in [-0.39, 0.29) is 18.0 Å². The zero-order valence-corrected chi connectivity index (χ0v) is 11.8. The average molecular weight is 269 g/mol. The molecule has 0 unspecified atom stereocenters. The van der Waals surface area contributed by atoms with Crippen LogP contribution in [0.3, 0.4) is 0 Å². The number of hydrogen-bond donors (Lipinski definition) is 1. The fraction of sp³-hybridized carbons (Fsp3) is 0.462. The Hall–Kier alpha value is -1.36. The molecule has 18 heavy (non-hydrogen) atoms. The molecule has 0 aromatic heterocycles. The van der Waals surface area contributed by atoms with Crippen LogP contribution in [0.1, 0.15) is 37.6 Å². The van der Waals surface area contributed by atoms with Crippen LogP contribution in [0.5, 0.6) is 0 Å². The van der Waals surface area contributed by atoms with Crippen molar-refractivity contribution >= 4 is 21.3 Å². The van der Waals surface area contributed by atoms with E-state index in [1.54, 1.807) is 45.0 Å². The first-order valence-corrected chi connectivity index (χ1v) is 7.40. The molecule has 4 nitrogen and oxygen atoms in total. The van der Waals surface area contributed by atoms with E-state index in [0.717, 1.165) is 0 Å². The fourth-order valence-corrected chi connectivity index (χ4v) is 2.41. The summed E-state index contributed by atoms with van der Waals surface area (Å²) in [5.41, 5.74) is 6.59. The highest BCUT2D eigenvalue weighted by Crippen LogP contribution is 2.18. The van der Waals surface area contributed by atoms with Gasteiger partial charge in [-0.2, -0.15) is 0 Å². The number of benzene rings is 1. The molecule has 100 valence electrons. The largest absolute Gasteiger partial charge is 0.399 e. The zero-order chi connectivity index (χ0) is 14.0. The minimum absolute atomic E-state index is 0.00349. The summed E-state index contributed by atoms with van der Waals surface area (Å²) in [6.07, 6.45) is 0.00349. The van der Waals surface area contributed by atoms with E-state index in [2.05, 4.69) is 0 Å². The first-order chi connectivity index (χ1) is 8.13. The molecule has 2 N–H and O–H groups in total. The quantitative estimate of drug-likeness (QED) is 0.670. The molecule has 0 radical (unpaired) electrons. The Balaban J connectivity index is 2.71. The third kappa shape index (κ3) is 3.57. The summed E-state index contributed by atoms with van der Waals surface area (Å²) in [4.78, 5) is 11.8. The van der Waals surface area contributed by atoms with Gasteiger partial charge in [-0.1, -0.05) is 0 Å². The highest BCUT2D eigenvalue weighted by Gasteiger charge is 2.29. The second-order valence-corrected chi connectivity index (χ2v) is 8.09. The van der Waals surface area contributed by atoms with Crippen LogP contribution in [-0.4, -0.2) is 24.7 Å². The van der Waals surface area contributed by atoms with E-state index in [1.165, 1.54) is 0 Å². The lowest BCUT2D eigenvalue weighted by molar-refractivity contribution is 0.0988. The van der Waals surface area contributed by atoms with Crippen LogP contribution in [-0.2, 0) is 9.84 Å². The lowest BCUT2D eigenvalue weighted by atomic mass is 10.1. The molecule has 0 aliphatic rings. The first kappa shape index (κ1) is 14.7. The maximum Gasteiger partial charge on any atom is 0.163 e. The third-order valence-electron chi connectivity index (χ3n) is 2.76. The number of nitrogens with two attached hydrogens (primary N) is 1. The summed E-state index contributed by atoms with van der Waals surface area (Å²) in [7, 11) is -3.25. The SMILES string of the molecule is CC(C)(C)S(=O)(=O)CCC(=O)c1ccc(N)cc1. The first-order valence-electron chi connectivity index (χ1n) is 5.74. The van der Waals surface area contributed by atoms with Crippen molar-refractivity contribution in [2.75, 3.05) is 11.5 Å². The molecule has 0 bridgehead atoms. The monoisotopic (exact) mass is 269 g/mol. The van der Waals surface area contributed by atoms with Gasteiger partial charge in [0.1, 0.15) is 0 Å². The number of ketones is 1. The molecule has 1 aromatic carbocycles. The highest BCUT2D eigenvalue weighted by atomic mass is 32.2. The highest BCUT2D eigenvalue weighted by molar-refractivity contribution is 7.92. The molecule has 1 rings (SSSR count). The smallest absolute Gasteiger partial charge is 0.163 e. The molecule has 5 heteroatoms. The van der Waals surface area contributed by atoms with E-state index < -0.39 is 14.6 Å². The molecule has 0 saturated carbocycles. The Bertz CT molecular complexity index is 524. The van der Waals surface area contributed by atoms with Gasteiger partial charge in [-0.15, -0.1) is 0 Å². The van der Waals surface area contributed by atoms with Crippen LogP contribution in [0.15, 0.2) is 24.3 Å². The molecule has 0 atom stereocenters. The Morgan fingerprint density at radius 2 is 1.67 bits per heavy atom. The molecule has 0 saturated heterocycles. The van der Waals surface area contributed by atoms with Crippen molar-refractivity contribution in [1.82, 2.24) is 0 Å². The molecule has 0 aliphatic heterocycles. The average Bonchev–Trinajstić information content (AvgIpc) is 2.25. The summed E-state index contributed by atoms with van der Waals surface area (Å²) in [6, 6.07) is 6.49. The van der Waals surface area contributed by atoms with Gasteiger partial charge in [0.05, 0.1) is 10.5 Å². The molecule has 0 heterocycles. The van der Waals surface area contributed by atoms with Gasteiger partial charge in [-0.05, 0) is 45.0 Å². The number of anilines is 1. The van der Waals surface area contributed by atoms with E-state index in [0.29, 0.717) is 11.3 Å². The van der Waals surface area contributed by atoms with Crippen molar-refractivity contribution in [2.45, 2.75) is 31.9 Å². The van der Waals surface area contributed by atoms with E-state index in [1.807, 2.05) is 0 Å². The van der Waals surface area contributed by atoms with Crippen molar-refractivity contribution in [3.63, 3.8) is 0 Å². The summed E-state index contributed by atoms with van der Waals surface area (Å²) < 4.78 is 22.9. The summed E-state index contributed by atoms with van der Waals surface area (Å²) >= 11 is 0. The second kappa shape index (κ2) is 5.10. The molecular weight excluding hydrogens is 250 g/mol. The predicted molar refractivity (Wildman–Crippen MR) is 73.3 cm³/mol. The number of rotatable bonds is 4. The molecule has 1 aromatic rings. The molecule has 0 spiro atoms. The van der Waals surface area contributed by atoms with Crippen LogP contribution in [0.2, 0.25) is 0 Å². The summed E-state index contributed by atoms with van der Waals surface area (Å²) in [5.74, 6) is -0.303. The van der Waals surface area contributed by atoms with Crippen LogP contribution < -0.4 is 5.73 Å². The van der Waals surface area contributed by atoms with E-state index in [9.17, 15) is 13.2 Å². The van der Waals surface area contributed by atoms with Crippen LogP contribution in [0.25, 0.3) is 0 Å². The van der Waals surface area contributed by atoms with Gasteiger partial charge in [0.2, 0.25) is 0 Å². The van der Waals surface area contributed by atoms with Crippen LogP contribution in [0.4, 0.5) is 5.69 Å². The van der Waals surface area contributed by atoms with Crippen LogP contribution in [0, 0.1) is 0 Å². The Morgan fingerprint density at radius 1 is 1.17 bits per heavy atom. The van der Waals surface area contributed by atoms with Crippen molar-refractivity contribution < 1.29 is 13.2 Å². The maximum absolute atomic E-state index is 11.9. The van der Waals surface area contributed by atoms with Gasteiger partial charge in [0.25, 0.3) is 0 Å². The molecule has 0 amide bonds. The Kier molecular flexibility index (Phi) is 4.16. The van der Waals surface area contributed by atoms with Crippen LogP contribution >= 0.6 is 0 Å². The summed E-state index contributed by atoms with van der Waals surface area (Å²) in [6.45, 7) is 4.90. The molecule has 0 aliphatic carbocycles. The number of carbonyl (C=O) groups excluding carboxylic acids is 1. The number of hydrogen-bond acceptors (Lipinski definition) is 4. The van der Waals surface area contributed by atoms with E-state index >= 15 is 0 Å². The number of sulfone groups is 1. The zero-order valence-electron chi connectivity index (χ0n) is 10.9. The van der Waals surface area contributed by atoms with Crippen molar-refractivity contribution in [3.05, 3.63) is 29.8 Å². The minimum atomic E-state index is -3.25. The molecule has 0 fully saturated rings. The van der Waals surface area contributed by atoms with Crippen molar-refractivity contribution in [2.24, 2.45) is 0 Å². The van der Waals surface area contributed by atoms with Gasteiger partial charge in [0, 0.05) is 17.7 Å². The maximum atomic E-state index is 11.9. The summed E-state index contributed by atoms with van der Waals surface area (Å²) in [5, 5.41) is 0. The number of carbonyl (C=O) groups is 1. The Labute approximate surface area is 108 Å². The van der Waals surface area contributed by atoms with Gasteiger partial charge >= 0.3 is 0 Å².